The second kappa shape index (κ2) is 10.6. The topological polar surface area (TPSA) is 45.2 Å². The maximum absolute atomic E-state index is 10.6. The van der Waals surface area contributed by atoms with Gasteiger partial charge in [-0.1, -0.05) is 27.2 Å². The number of nitrogens with zero attached hydrogens (tertiary/aromatic N) is 2. The molecule has 1 aromatic rings. The minimum absolute atomic E-state index is 0.306. The average molecular weight is 405 g/mol. The van der Waals surface area contributed by atoms with Crippen LogP contribution in [-0.4, -0.2) is 68.7 Å². The Balaban J connectivity index is 1.40. The Bertz CT molecular complexity index is 599. The Morgan fingerprint density at radius 1 is 1.07 bits per heavy atom. The Morgan fingerprint density at radius 3 is 2.38 bits per heavy atom. The van der Waals surface area contributed by atoms with Gasteiger partial charge in [0.05, 0.1) is 25.9 Å². The summed E-state index contributed by atoms with van der Waals surface area (Å²) in [6.45, 7) is 12.0. The van der Waals surface area contributed by atoms with Crippen LogP contribution in [-0.2, 0) is 4.74 Å². The van der Waals surface area contributed by atoms with Gasteiger partial charge in [0.25, 0.3) is 0 Å². The Labute approximate surface area is 177 Å². The lowest BCUT2D eigenvalue weighted by Gasteiger charge is -2.39. The van der Waals surface area contributed by atoms with Gasteiger partial charge in [-0.2, -0.15) is 0 Å². The van der Waals surface area contributed by atoms with Crippen molar-refractivity contribution >= 4 is 5.69 Å². The van der Waals surface area contributed by atoms with Gasteiger partial charge in [0.2, 0.25) is 0 Å². The van der Waals surface area contributed by atoms with Crippen LogP contribution >= 0.6 is 0 Å². The molecule has 4 atom stereocenters. The molecule has 1 aromatic carbocycles. The van der Waals surface area contributed by atoms with Gasteiger partial charge in [0, 0.05) is 38.4 Å². The fraction of sp³-hybridized carbons (Fsp3) is 0.750. The lowest BCUT2D eigenvalue weighted by Crippen LogP contribution is -2.49. The summed E-state index contributed by atoms with van der Waals surface area (Å²) in [5.74, 6) is 2.91. The van der Waals surface area contributed by atoms with Crippen molar-refractivity contribution in [1.82, 2.24) is 4.90 Å². The van der Waals surface area contributed by atoms with Crippen LogP contribution in [0.25, 0.3) is 0 Å². The van der Waals surface area contributed by atoms with Gasteiger partial charge in [0.1, 0.15) is 5.75 Å². The summed E-state index contributed by atoms with van der Waals surface area (Å²) in [5.41, 5.74) is 1.24. The average Bonchev–Trinajstić information content (AvgIpc) is 2.73. The molecule has 1 saturated heterocycles. The molecule has 1 aliphatic heterocycles. The van der Waals surface area contributed by atoms with Crippen molar-refractivity contribution in [2.24, 2.45) is 17.8 Å². The molecule has 0 aromatic heterocycles. The van der Waals surface area contributed by atoms with Crippen molar-refractivity contribution in [3.8, 4) is 5.75 Å². The standard InChI is InChI=1S/C24H40N2O3/c1-18(2)23-10-5-19(3)15-24(23)29-17-21(27)16-25-11-13-26(14-12-25)20-6-8-22(28-4)9-7-20/h6-9,18-19,21,23-24,27H,5,10-17H2,1-4H3/t19-,21+,23+,24-/m0/s1. The number of hydrogen-bond donors (Lipinski definition) is 1. The molecule has 1 saturated carbocycles. The molecule has 0 amide bonds. The summed E-state index contributed by atoms with van der Waals surface area (Å²) < 4.78 is 11.5. The molecule has 2 fully saturated rings. The van der Waals surface area contributed by atoms with Gasteiger partial charge < -0.3 is 19.5 Å². The maximum Gasteiger partial charge on any atom is 0.119 e. The first-order valence-electron chi connectivity index (χ1n) is 11.4. The minimum atomic E-state index is -0.410. The number of piperazine rings is 1. The van der Waals surface area contributed by atoms with Crippen molar-refractivity contribution in [3.05, 3.63) is 24.3 Å². The van der Waals surface area contributed by atoms with E-state index in [2.05, 4.69) is 42.7 Å². The first-order valence-corrected chi connectivity index (χ1v) is 11.4. The number of ether oxygens (including phenoxy) is 2. The number of benzene rings is 1. The Kier molecular flexibility index (Phi) is 8.22. The SMILES string of the molecule is COc1ccc(N2CCN(C[C@@H](O)CO[C@H]3C[C@@H](C)CC[C@@H]3C(C)C)CC2)cc1. The molecule has 29 heavy (non-hydrogen) atoms. The Morgan fingerprint density at radius 2 is 1.76 bits per heavy atom. The number of hydrogen-bond acceptors (Lipinski definition) is 5. The van der Waals surface area contributed by atoms with Gasteiger partial charge >= 0.3 is 0 Å². The van der Waals surface area contributed by atoms with Gasteiger partial charge in [-0.05, 0) is 54.9 Å². The summed E-state index contributed by atoms with van der Waals surface area (Å²) in [4.78, 5) is 4.76. The van der Waals surface area contributed by atoms with Crippen LogP contribution < -0.4 is 9.64 Å². The van der Waals surface area contributed by atoms with E-state index in [1.54, 1.807) is 7.11 Å². The van der Waals surface area contributed by atoms with E-state index in [0.717, 1.165) is 44.3 Å². The molecule has 3 rings (SSSR count). The quantitative estimate of drug-likeness (QED) is 0.716. The normalized spacial score (nSPS) is 27.2. The van der Waals surface area contributed by atoms with Crippen LogP contribution in [0.3, 0.4) is 0 Å². The molecule has 5 nitrogen and oxygen atoms in total. The van der Waals surface area contributed by atoms with Crippen LogP contribution in [0.1, 0.15) is 40.0 Å². The third-order valence-corrected chi connectivity index (χ3v) is 6.74. The molecule has 0 bridgehead atoms. The zero-order valence-electron chi connectivity index (χ0n) is 18.7. The first-order chi connectivity index (χ1) is 14.0. The van der Waals surface area contributed by atoms with E-state index in [4.69, 9.17) is 9.47 Å². The zero-order chi connectivity index (χ0) is 20.8. The third kappa shape index (κ3) is 6.34. The Hall–Kier alpha value is -1.30. The molecule has 0 unspecified atom stereocenters. The van der Waals surface area contributed by atoms with Gasteiger partial charge in [-0.25, -0.2) is 0 Å². The second-order valence-corrected chi connectivity index (χ2v) is 9.34. The van der Waals surface area contributed by atoms with Gasteiger partial charge in [-0.3, -0.25) is 4.90 Å². The molecule has 1 aliphatic carbocycles. The second-order valence-electron chi connectivity index (χ2n) is 9.34. The molecule has 1 N–H and O–H groups in total. The maximum atomic E-state index is 10.6. The van der Waals surface area contributed by atoms with E-state index in [9.17, 15) is 5.11 Å². The van der Waals surface area contributed by atoms with Gasteiger partial charge in [-0.15, -0.1) is 0 Å². The van der Waals surface area contributed by atoms with Crippen LogP contribution in [0.4, 0.5) is 5.69 Å². The van der Waals surface area contributed by atoms with Crippen molar-refractivity contribution < 1.29 is 14.6 Å². The monoisotopic (exact) mass is 404 g/mol. The predicted octanol–water partition coefficient (Wildman–Crippen LogP) is 3.66. The van der Waals surface area contributed by atoms with Crippen LogP contribution in [0, 0.1) is 17.8 Å². The fourth-order valence-corrected chi connectivity index (χ4v) is 4.87. The lowest BCUT2D eigenvalue weighted by atomic mass is 9.75. The van der Waals surface area contributed by atoms with Gasteiger partial charge in [0.15, 0.2) is 0 Å². The largest absolute Gasteiger partial charge is 0.497 e. The molecule has 5 heteroatoms. The highest BCUT2D eigenvalue weighted by Gasteiger charge is 2.32. The first kappa shape index (κ1) is 22.4. The lowest BCUT2D eigenvalue weighted by molar-refractivity contribution is -0.0740. The van der Waals surface area contributed by atoms with Crippen molar-refractivity contribution in [2.75, 3.05) is 51.3 Å². The number of aliphatic hydroxyl groups is 1. The number of β-amino-alcohol motifs (C(OH)–C–C–N with tert-alkyl or cyclic N) is 1. The summed E-state index contributed by atoms with van der Waals surface area (Å²) in [5, 5.41) is 10.6. The zero-order valence-corrected chi connectivity index (χ0v) is 18.7. The van der Waals surface area contributed by atoms with E-state index >= 15 is 0 Å². The third-order valence-electron chi connectivity index (χ3n) is 6.74. The molecular formula is C24H40N2O3. The van der Waals surface area contributed by atoms with Crippen molar-refractivity contribution in [3.63, 3.8) is 0 Å². The number of anilines is 1. The van der Waals surface area contributed by atoms with Crippen LogP contribution in [0.5, 0.6) is 5.75 Å². The summed E-state index contributed by atoms with van der Waals surface area (Å²) in [6.07, 6.45) is 3.60. The fourth-order valence-electron chi connectivity index (χ4n) is 4.87. The van der Waals surface area contributed by atoms with E-state index in [1.165, 1.54) is 18.5 Å². The van der Waals surface area contributed by atoms with E-state index in [0.29, 0.717) is 31.1 Å². The highest BCUT2D eigenvalue weighted by atomic mass is 16.5. The van der Waals surface area contributed by atoms with E-state index in [1.807, 2.05) is 12.1 Å². The number of methoxy groups -OCH3 is 1. The summed E-state index contributed by atoms with van der Waals surface area (Å²) in [7, 11) is 1.70. The predicted molar refractivity (Wildman–Crippen MR) is 119 cm³/mol. The summed E-state index contributed by atoms with van der Waals surface area (Å²) >= 11 is 0. The van der Waals surface area contributed by atoms with Crippen molar-refractivity contribution in [1.29, 1.82) is 0 Å². The van der Waals surface area contributed by atoms with Crippen molar-refractivity contribution in [2.45, 2.75) is 52.2 Å². The number of aliphatic hydroxyl groups excluding tert-OH is 1. The molecular weight excluding hydrogens is 364 g/mol. The molecule has 0 spiro atoms. The minimum Gasteiger partial charge on any atom is -0.497 e. The highest BCUT2D eigenvalue weighted by molar-refractivity contribution is 5.49. The highest BCUT2D eigenvalue weighted by Crippen LogP contribution is 2.35. The smallest absolute Gasteiger partial charge is 0.119 e. The van der Waals surface area contributed by atoms with E-state index < -0.39 is 6.10 Å². The molecule has 1 heterocycles. The van der Waals surface area contributed by atoms with E-state index in [-0.39, 0.29) is 0 Å². The van der Waals surface area contributed by atoms with Crippen LogP contribution in [0.15, 0.2) is 24.3 Å². The molecule has 0 radical (unpaired) electrons. The molecule has 164 valence electrons. The number of rotatable bonds is 8. The van der Waals surface area contributed by atoms with Crippen LogP contribution in [0.2, 0.25) is 0 Å². The molecule has 2 aliphatic rings. The summed E-state index contributed by atoms with van der Waals surface area (Å²) in [6, 6.07) is 8.26.